The van der Waals surface area contributed by atoms with Crippen LogP contribution in [-0.4, -0.2) is 54.3 Å². The third kappa shape index (κ3) is 7.44. The summed E-state index contributed by atoms with van der Waals surface area (Å²) in [5.41, 5.74) is -0.993. The number of hydrogen-bond acceptors (Lipinski definition) is 4. The Morgan fingerprint density at radius 1 is 1.13 bits per heavy atom. The molecule has 1 aliphatic rings. The minimum Gasteiger partial charge on any atom is -0.350 e. The molecule has 0 spiro atoms. The van der Waals surface area contributed by atoms with E-state index in [2.05, 4.69) is 10.3 Å². The molecule has 0 aliphatic heterocycles. The summed E-state index contributed by atoms with van der Waals surface area (Å²) in [6, 6.07) is 2.67. The lowest BCUT2D eigenvalue weighted by atomic mass is 9.89. The molecule has 0 atom stereocenters. The largest absolute Gasteiger partial charge is 0.400 e. The van der Waals surface area contributed by atoms with Crippen molar-refractivity contribution in [2.45, 2.75) is 63.1 Å². The van der Waals surface area contributed by atoms with Crippen LogP contribution in [0.25, 0.3) is 5.69 Å². The molecule has 0 radical (unpaired) electrons. The molecular weight excluding hydrogens is 579 g/mol. The Balaban J connectivity index is 1.77. The molecule has 1 aromatic heterocycles. The predicted octanol–water partition coefficient (Wildman–Crippen LogP) is 5.84. The van der Waals surface area contributed by atoms with Gasteiger partial charge in [-0.3, -0.25) is 9.36 Å². The number of benzene rings is 1. The minimum absolute atomic E-state index is 0.0284. The van der Waals surface area contributed by atoms with Gasteiger partial charge in [-0.05, 0) is 55.7 Å². The number of sulfone groups is 1. The van der Waals surface area contributed by atoms with Gasteiger partial charge in [-0.2, -0.15) is 26.3 Å². The van der Waals surface area contributed by atoms with Crippen molar-refractivity contribution in [2.75, 3.05) is 12.8 Å². The molecule has 2 aromatic rings. The second-order valence-electron chi connectivity index (χ2n) is 9.65. The Bertz CT molecular complexity index is 1290. The number of nitrogens with zero attached hydrogens (tertiary/aromatic N) is 2. The number of nitrogens with one attached hydrogen (secondary N) is 1. The molecule has 0 saturated heterocycles. The maximum atomic E-state index is 14.7. The Morgan fingerprint density at radius 2 is 1.72 bits per heavy atom. The van der Waals surface area contributed by atoms with Crippen LogP contribution in [0.1, 0.15) is 54.5 Å². The van der Waals surface area contributed by atoms with E-state index < -0.39 is 57.1 Å². The van der Waals surface area contributed by atoms with Crippen LogP contribution in [0.5, 0.6) is 0 Å². The topological polar surface area (TPSA) is 81.1 Å². The number of amides is 1. The molecule has 1 aromatic carbocycles. The summed E-state index contributed by atoms with van der Waals surface area (Å²) in [6.45, 7) is 1.92. The number of aryl methyl sites for hydroxylation is 1. The molecule has 1 saturated carbocycles. The van der Waals surface area contributed by atoms with Gasteiger partial charge in [0.25, 0.3) is 5.91 Å². The number of rotatable bonds is 8. The van der Waals surface area contributed by atoms with Crippen LogP contribution in [0.3, 0.4) is 0 Å². The van der Waals surface area contributed by atoms with Gasteiger partial charge < -0.3 is 5.32 Å². The van der Waals surface area contributed by atoms with Crippen molar-refractivity contribution in [1.29, 1.82) is 0 Å². The first kappa shape index (κ1) is 31.2. The molecule has 0 unspecified atom stereocenters. The maximum absolute atomic E-state index is 14.7. The molecule has 0 bridgehead atoms. The highest BCUT2D eigenvalue weighted by Crippen LogP contribution is 2.41. The lowest BCUT2D eigenvalue weighted by molar-refractivity contribution is -0.283. The summed E-state index contributed by atoms with van der Waals surface area (Å²) in [5.74, 6) is -5.39. The van der Waals surface area contributed by atoms with Crippen LogP contribution in [0.4, 0.5) is 30.7 Å². The van der Waals surface area contributed by atoms with Gasteiger partial charge in [-0.15, -0.1) is 0 Å². The number of alkyl halides is 6. The van der Waals surface area contributed by atoms with Crippen molar-refractivity contribution in [3.05, 3.63) is 46.3 Å². The molecule has 3 rings (SSSR count). The number of carbonyl (C=O) groups excluding carboxylic acids is 1. The Morgan fingerprint density at radius 3 is 2.21 bits per heavy atom. The molecule has 218 valence electrons. The molecule has 6 nitrogen and oxygen atoms in total. The fourth-order valence-corrected chi connectivity index (χ4v) is 6.10. The highest BCUT2D eigenvalue weighted by Gasteiger charge is 2.56. The summed E-state index contributed by atoms with van der Waals surface area (Å²) < 4.78 is 117. The van der Waals surface area contributed by atoms with Crippen LogP contribution >= 0.6 is 11.6 Å². The smallest absolute Gasteiger partial charge is 0.350 e. The first-order chi connectivity index (χ1) is 17.9. The van der Waals surface area contributed by atoms with Crippen LogP contribution in [0.15, 0.2) is 18.2 Å². The lowest BCUT2D eigenvalue weighted by Gasteiger charge is -2.27. The summed E-state index contributed by atoms with van der Waals surface area (Å²) in [4.78, 5) is 17.0. The highest BCUT2D eigenvalue weighted by atomic mass is 35.5. The first-order valence-corrected chi connectivity index (χ1v) is 14.4. The number of halogens is 8. The fourth-order valence-electron chi connectivity index (χ4n) is 4.65. The van der Waals surface area contributed by atoms with E-state index in [1.807, 2.05) is 0 Å². The molecule has 1 amide bonds. The third-order valence-corrected chi connectivity index (χ3v) is 8.91. The summed E-state index contributed by atoms with van der Waals surface area (Å²) in [7, 11) is -3.13. The zero-order valence-corrected chi connectivity index (χ0v) is 22.5. The van der Waals surface area contributed by atoms with Crippen molar-refractivity contribution in [2.24, 2.45) is 11.8 Å². The van der Waals surface area contributed by atoms with Crippen LogP contribution in [0, 0.1) is 17.7 Å². The fraction of sp³-hybridized carbons (Fsp3) is 0.583. The standard InChI is InChI=1S/C24H27ClF7N3O3S/c1-3-19-34-20(22(36)33-12-13-4-8-16(9-5-13)39(2,37)38)21(25)35(19)15-7-6-14(17(26)11-15)10-18(23(27,28)29)24(30,31)32/h6-7,11,13,16,18H,3-5,8-10,12H2,1-2H3,(H,33,36). The highest BCUT2D eigenvalue weighted by molar-refractivity contribution is 7.91. The normalized spacial score (nSPS) is 18.9. The molecule has 1 aliphatic carbocycles. The van der Waals surface area contributed by atoms with E-state index in [4.69, 9.17) is 11.6 Å². The van der Waals surface area contributed by atoms with Crippen LogP contribution < -0.4 is 5.32 Å². The number of carbonyl (C=O) groups is 1. The Kier molecular flexibility index (Phi) is 9.30. The van der Waals surface area contributed by atoms with Gasteiger partial charge in [-0.25, -0.2) is 17.8 Å². The maximum Gasteiger partial charge on any atom is 0.400 e. The summed E-state index contributed by atoms with van der Waals surface area (Å²) >= 11 is 6.38. The van der Waals surface area contributed by atoms with Gasteiger partial charge in [0.05, 0.1) is 10.9 Å². The number of aromatic nitrogens is 2. The average Bonchev–Trinajstić information content (AvgIpc) is 3.16. The number of hydrogen-bond donors (Lipinski definition) is 1. The van der Waals surface area contributed by atoms with Crippen molar-refractivity contribution in [3.8, 4) is 5.69 Å². The average molecular weight is 606 g/mol. The molecular formula is C24H27ClF7N3O3S. The zero-order chi connectivity index (χ0) is 29.3. The minimum atomic E-state index is -5.61. The summed E-state index contributed by atoms with van der Waals surface area (Å²) in [6.07, 6.45) is -9.24. The van der Waals surface area contributed by atoms with Crippen LogP contribution in [0.2, 0.25) is 5.15 Å². The van der Waals surface area contributed by atoms with E-state index in [1.165, 1.54) is 10.8 Å². The van der Waals surface area contributed by atoms with Crippen molar-refractivity contribution in [1.82, 2.24) is 14.9 Å². The van der Waals surface area contributed by atoms with E-state index in [0.717, 1.165) is 18.2 Å². The van der Waals surface area contributed by atoms with Crippen LogP contribution in [-0.2, 0) is 22.7 Å². The van der Waals surface area contributed by atoms with Crippen molar-refractivity contribution >= 4 is 27.3 Å². The van der Waals surface area contributed by atoms with E-state index in [-0.39, 0.29) is 41.2 Å². The van der Waals surface area contributed by atoms with Gasteiger partial charge in [0, 0.05) is 19.2 Å². The quantitative estimate of drug-likeness (QED) is 0.383. The van der Waals surface area contributed by atoms with E-state index in [1.54, 1.807) is 6.92 Å². The van der Waals surface area contributed by atoms with E-state index >= 15 is 0 Å². The molecule has 1 fully saturated rings. The Hall–Kier alpha value is -2.35. The third-order valence-electron chi connectivity index (χ3n) is 6.88. The van der Waals surface area contributed by atoms with Gasteiger partial charge in [0.15, 0.2) is 11.6 Å². The van der Waals surface area contributed by atoms with E-state index in [9.17, 15) is 43.9 Å². The SMILES string of the molecule is CCc1nc(C(=O)NCC2CCC(S(C)(=O)=O)CC2)c(Cl)n1-c1ccc(CC(C(F)(F)F)C(F)(F)F)c(F)c1. The van der Waals surface area contributed by atoms with Gasteiger partial charge in [-0.1, -0.05) is 24.6 Å². The Labute approximate surface area is 225 Å². The molecule has 1 heterocycles. The van der Waals surface area contributed by atoms with Gasteiger partial charge in [0.1, 0.15) is 26.6 Å². The molecule has 1 N–H and O–H groups in total. The van der Waals surface area contributed by atoms with Crippen molar-refractivity contribution < 1.29 is 43.9 Å². The molecule has 15 heteroatoms. The van der Waals surface area contributed by atoms with Gasteiger partial charge in [0.2, 0.25) is 0 Å². The second kappa shape index (κ2) is 11.6. The van der Waals surface area contributed by atoms with Crippen molar-refractivity contribution in [3.63, 3.8) is 0 Å². The van der Waals surface area contributed by atoms with E-state index in [0.29, 0.717) is 25.7 Å². The summed E-state index contributed by atoms with van der Waals surface area (Å²) in [5, 5.41) is 2.10. The van der Waals surface area contributed by atoms with Gasteiger partial charge >= 0.3 is 12.4 Å². The predicted molar refractivity (Wildman–Crippen MR) is 130 cm³/mol. The number of imidazole rings is 1. The second-order valence-corrected chi connectivity index (χ2v) is 12.3. The zero-order valence-electron chi connectivity index (χ0n) is 21.0. The lowest BCUT2D eigenvalue weighted by Crippen LogP contribution is -2.38. The molecule has 39 heavy (non-hydrogen) atoms. The first-order valence-electron chi connectivity index (χ1n) is 12.1. The monoisotopic (exact) mass is 605 g/mol.